The minimum atomic E-state index is -0.474. The largest absolute Gasteiger partial charge is 0.419 e. The van der Waals surface area contributed by atoms with E-state index in [0.717, 1.165) is 10.6 Å². The Morgan fingerprint density at radius 2 is 2.00 bits per heavy atom. The summed E-state index contributed by atoms with van der Waals surface area (Å²) in [4.78, 5) is 24.0. The van der Waals surface area contributed by atoms with Gasteiger partial charge in [0.2, 0.25) is 5.13 Å². The maximum absolute atomic E-state index is 12.5. The summed E-state index contributed by atoms with van der Waals surface area (Å²) >= 11 is 7.19. The second-order valence-electron chi connectivity index (χ2n) is 5.87. The third-order valence-electron chi connectivity index (χ3n) is 4.01. The van der Waals surface area contributed by atoms with Crippen molar-refractivity contribution in [3.8, 4) is 0 Å². The van der Waals surface area contributed by atoms with E-state index < -0.39 is 5.76 Å². The maximum atomic E-state index is 12.5. The maximum Gasteiger partial charge on any atom is 0.419 e. The number of hydrogen-bond donors (Lipinski definition) is 1. The van der Waals surface area contributed by atoms with Gasteiger partial charge in [0.05, 0.1) is 5.52 Å². The molecule has 27 heavy (non-hydrogen) atoms. The van der Waals surface area contributed by atoms with Crippen LogP contribution in [0.1, 0.15) is 20.9 Å². The lowest BCUT2D eigenvalue weighted by Crippen LogP contribution is -2.12. The Labute approximate surface area is 162 Å². The van der Waals surface area contributed by atoms with Crippen molar-refractivity contribution < 1.29 is 9.21 Å². The molecule has 1 amide bonds. The molecule has 136 valence electrons. The summed E-state index contributed by atoms with van der Waals surface area (Å²) in [6.07, 6.45) is 0.605. The number of nitrogens with one attached hydrogen (secondary N) is 1. The number of carbonyl (C=O) groups excluding carboxylic acids is 1. The fourth-order valence-corrected chi connectivity index (χ4v) is 3.48. The highest BCUT2D eigenvalue weighted by Gasteiger charge is 2.13. The summed E-state index contributed by atoms with van der Waals surface area (Å²) in [6.45, 7) is 0. The molecule has 0 aliphatic heterocycles. The SMILES string of the molecule is Cn1c(=O)oc2ccc(C(=O)Nc3nnc(Cc4ccc(Cl)cc4)s3)cc21. The van der Waals surface area contributed by atoms with Gasteiger partial charge in [-0.15, -0.1) is 10.2 Å². The van der Waals surface area contributed by atoms with Crippen LogP contribution in [0.15, 0.2) is 51.7 Å². The molecule has 4 aromatic rings. The summed E-state index contributed by atoms with van der Waals surface area (Å²) in [7, 11) is 1.59. The standard InChI is InChI=1S/C18H13ClN4O3S/c1-23-13-9-11(4-7-14(13)26-18(23)25)16(24)20-17-22-21-15(27-17)8-10-2-5-12(19)6-3-10/h2-7,9H,8H2,1H3,(H,20,22,24). The second-order valence-corrected chi connectivity index (χ2v) is 7.37. The monoisotopic (exact) mass is 400 g/mol. The number of hydrogen-bond acceptors (Lipinski definition) is 6. The fourth-order valence-electron chi connectivity index (χ4n) is 2.59. The van der Waals surface area contributed by atoms with Crippen LogP contribution in [0, 0.1) is 0 Å². The van der Waals surface area contributed by atoms with Gasteiger partial charge in [0, 0.05) is 24.1 Å². The number of oxazole rings is 1. The van der Waals surface area contributed by atoms with E-state index >= 15 is 0 Å². The number of amides is 1. The predicted octanol–water partition coefficient (Wildman–Crippen LogP) is 3.48. The minimum absolute atomic E-state index is 0.334. The topological polar surface area (TPSA) is 90.0 Å². The Morgan fingerprint density at radius 1 is 1.22 bits per heavy atom. The van der Waals surface area contributed by atoms with Crippen molar-refractivity contribution in [3.05, 3.63) is 74.2 Å². The van der Waals surface area contributed by atoms with Gasteiger partial charge >= 0.3 is 5.76 Å². The van der Waals surface area contributed by atoms with Gasteiger partial charge in [-0.25, -0.2) is 4.79 Å². The molecule has 1 N–H and O–H groups in total. The first-order valence-corrected chi connectivity index (χ1v) is 9.17. The molecule has 0 atom stereocenters. The molecular weight excluding hydrogens is 388 g/mol. The molecule has 0 saturated carbocycles. The molecule has 9 heteroatoms. The summed E-state index contributed by atoms with van der Waals surface area (Å²) in [5.41, 5.74) is 2.43. The molecule has 4 rings (SSSR count). The van der Waals surface area contributed by atoms with Crippen LogP contribution in [0.5, 0.6) is 0 Å². The normalized spacial score (nSPS) is 11.0. The van der Waals surface area contributed by atoms with Crippen molar-refractivity contribution in [1.29, 1.82) is 0 Å². The lowest BCUT2D eigenvalue weighted by atomic mass is 10.2. The third-order valence-corrected chi connectivity index (χ3v) is 5.10. The summed E-state index contributed by atoms with van der Waals surface area (Å²) < 4.78 is 6.41. The van der Waals surface area contributed by atoms with E-state index in [-0.39, 0.29) is 5.91 Å². The Hall–Kier alpha value is -2.97. The first-order chi connectivity index (χ1) is 13.0. The van der Waals surface area contributed by atoms with Crippen molar-refractivity contribution in [2.75, 3.05) is 5.32 Å². The molecule has 2 heterocycles. The van der Waals surface area contributed by atoms with Gasteiger partial charge < -0.3 is 4.42 Å². The van der Waals surface area contributed by atoms with Crippen LogP contribution in [0.25, 0.3) is 11.1 Å². The van der Waals surface area contributed by atoms with Crippen LogP contribution in [0.3, 0.4) is 0 Å². The molecule has 0 saturated heterocycles. The van der Waals surface area contributed by atoms with Crippen molar-refractivity contribution in [2.24, 2.45) is 7.05 Å². The quantitative estimate of drug-likeness (QED) is 0.566. The predicted molar refractivity (Wildman–Crippen MR) is 104 cm³/mol. The van der Waals surface area contributed by atoms with Crippen LogP contribution in [-0.4, -0.2) is 20.7 Å². The molecule has 0 bridgehead atoms. The van der Waals surface area contributed by atoms with Crippen LogP contribution >= 0.6 is 22.9 Å². The second kappa shape index (κ2) is 6.98. The first-order valence-electron chi connectivity index (χ1n) is 7.97. The van der Waals surface area contributed by atoms with Gasteiger partial charge in [0.1, 0.15) is 5.01 Å². The molecular formula is C18H13ClN4O3S. The zero-order valence-corrected chi connectivity index (χ0v) is 15.7. The Morgan fingerprint density at radius 3 is 2.78 bits per heavy atom. The summed E-state index contributed by atoms with van der Waals surface area (Å²) in [5, 5.41) is 12.7. The van der Waals surface area contributed by atoms with Gasteiger partial charge in [-0.05, 0) is 35.9 Å². The van der Waals surface area contributed by atoms with Crippen molar-refractivity contribution in [1.82, 2.24) is 14.8 Å². The summed E-state index contributed by atoms with van der Waals surface area (Å²) in [5.74, 6) is -0.807. The van der Waals surface area contributed by atoms with E-state index in [4.69, 9.17) is 16.0 Å². The van der Waals surface area contributed by atoms with E-state index in [1.54, 1.807) is 25.2 Å². The molecule has 2 aromatic carbocycles. The molecule has 0 fully saturated rings. The number of halogens is 1. The van der Waals surface area contributed by atoms with Crippen molar-refractivity contribution in [2.45, 2.75) is 6.42 Å². The number of anilines is 1. The number of aromatic nitrogens is 3. The Kier molecular flexibility index (Phi) is 4.51. The highest BCUT2D eigenvalue weighted by atomic mass is 35.5. The minimum Gasteiger partial charge on any atom is -0.408 e. The number of carbonyl (C=O) groups is 1. The molecule has 0 aliphatic carbocycles. The Balaban J connectivity index is 1.50. The van der Waals surface area contributed by atoms with E-state index in [9.17, 15) is 9.59 Å². The van der Waals surface area contributed by atoms with Crippen LogP contribution < -0.4 is 11.1 Å². The average Bonchev–Trinajstić information content (AvgIpc) is 3.21. The third kappa shape index (κ3) is 3.62. The number of rotatable bonds is 4. The lowest BCUT2D eigenvalue weighted by molar-refractivity contribution is 0.102. The van der Waals surface area contributed by atoms with E-state index in [2.05, 4.69) is 15.5 Å². The lowest BCUT2D eigenvalue weighted by Gasteiger charge is -2.01. The number of nitrogens with zero attached hydrogens (tertiary/aromatic N) is 3. The summed E-state index contributed by atoms with van der Waals surface area (Å²) in [6, 6.07) is 12.3. The highest BCUT2D eigenvalue weighted by Crippen LogP contribution is 2.21. The molecule has 0 radical (unpaired) electrons. The number of benzene rings is 2. The number of fused-ring (bicyclic) bond motifs is 1. The Bertz CT molecular complexity index is 1190. The van der Waals surface area contributed by atoms with E-state index in [1.807, 2.05) is 24.3 Å². The van der Waals surface area contributed by atoms with Crippen LogP contribution in [0.4, 0.5) is 5.13 Å². The number of aryl methyl sites for hydroxylation is 1. The first kappa shape index (κ1) is 17.4. The fraction of sp³-hybridized carbons (Fsp3) is 0.111. The molecule has 7 nitrogen and oxygen atoms in total. The van der Waals surface area contributed by atoms with Gasteiger partial charge in [-0.3, -0.25) is 14.7 Å². The molecule has 0 aliphatic rings. The molecule has 2 aromatic heterocycles. The van der Waals surface area contributed by atoms with Crippen molar-refractivity contribution in [3.63, 3.8) is 0 Å². The average molecular weight is 401 g/mol. The zero-order valence-electron chi connectivity index (χ0n) is 14.1. The van der Waals surface area contributed by atoms with Gasteiger partial charge in [0.15, 0.2) is 5.58 Å². The highest BCUT2D eigenvalue weighted by molar-refractivity contribution is 7.15. The van der Waals surface area contributed by atoms with E-state index in [0.29, 0.717) is 33.2 Å². The van der Waals surface area contributed by atoms with Crippen molar-refractivity contribution >= 4 is 45.1 Å². The zero-order chi connectivity index (χ0) is 19.0. The van der Waals surface area contributed by atoms with Crippen LogP contribution in [-0.2, 0) is 13.5 Å². The van der Waals surface area contributed by atoms with Gasteiger partial charge in [-0.2, -0.15) is 0 Å². The molecule has 0 spiro atoms. The smallest absolute Gasteiger partial charge is 0.408 e. The molecule has 0 unspecified atom stereocenters. The van der Waals surface area contributed by atoms with E-state index in [1.165, 1.54) is 15.9 Å². The van der Waals surface area contributed by atoms with Gasteiger partial charge in [0.25, 0.3) is 5.91 Å². The van der Waals surface area contributed by atoms with Gasteiger partial charge in [-0.1, -0.05) is 35.1 Å². The van der Waals surface area contributed by atoms with Crippen LogP contribution in [0.2, 0.25) is 5.02 Å².